The smallest absolute Gasteiger partial charge is 0.0509 e. The van der Waals surface area contributed by atoms with E-state index in [4.69, 9.17) is 4.74 Å². The van der Waals surface area contributed by atoms with Crippen molar-refractivity contribution in [3.8, 4) is 0 Å². The summed E-state index contributed by atoms with van der Waals surface area (Å²) < 4.78 is 6.59. The highest BCUT2D eigenvalue weighted by atomic mass is 79.9. The molecule has 100 valence electrons. The normalized spacial score (nSPS) is 22.9. The van der Waals surface area contributed by atoms with Crippen LogP contribution < -0.4 is 5.32 Å². The average molecular weight is 312 g/mol. The van der Waals surface area contributed by atoms with Crippen LogP contribution in [0.5, 0.6) is 0 Å². The SMILES string of the molecule is CC(Cc1ccc(Br)cc1)NC(C)C1CCOC1. The Morgan fingerprint density at radius 2 is 2.06 bits per heavy atom. The highest BCUT2D eigenvalue weighted by Gasteiger charge is 2.23. The zero-order valence-electron chi connectivity index (χ0n) is 11.2. The van der Waals surface area contributed by atoms with Gasteiger partial charge in [0.1, 0.15) is 0 Å². The topological polar surface area (TPSA) is 21.3 Å². The third-order valence-corrected chi connectivity index (χ3v) is 4.20. The van der Waals surface area contributed by atoms with Gasteiger partial charge in [-0.15, -0.1) is 0 Å². The van der Waals surface area contributed by atoms with Crippen molar-refractivity contribution >= 4 is 15.9 Å². The molecule has 0 radical (unpaired) electrons. The van der Waals surface area contributed by atoms with Crippen LogP contribution in [0.25, 0.3) is 0 Å². The van der Waals surface area contributed by atoms with Gasteiger partial charge in [-0.2, -0.15) is 0 Å². The van der Waals surface area contributed by atoms with E-state index in [9.17, 15) is 0 Å². The van der Waals surface area contributed by atoms with Gasteiger partial charge in [-0.1, -0.05) is 28.1 Å². The van der Waals surface area contributed by atoms with Crippen molar-refractivity contribution in [3.05, 3.63) is 34.3 Å². The van der Waals surface area contributed by atoms with Gasteiger partial charge in [0.05, 0.1) is 6.61 Å². The van der Waals surface area contributed by atoms with Gasteiger partial charge in [0, 0.05) is 23.2 Å². The van der Waals surface area contributed by atoms with E-state index in [2.05, 4.69) is 59.4 Å². The number of benzene rings is 1. The van der Waals surface area contributed by atoms with Crippen molar-refractivity contribution in [1.82, 2.24) is 5.32 Å². The first-order valence-corrected chi connectivity index (χ1v) is 7.52. The molecule has 0 saturated carbocycles. The summed E-state index contributed by atoms with van der Waals surface area (Å²) in [5, 5.41) is 3.69. The first-order valence-electron chi connectivity index (χ1n) is 6.73. The quantitative estimate of drug-likeness (QED) is 0.900. The molecule has 18 heavy (non-hydrogen) atoms. The zero-order valence-corrected chi connectivity index (χ0v) is 12.7. The Hall–Kier alpha value is -0.380. The molecule has 1 saturated heterocycles. The van der Waals surface area contributed by atoms with Crippen molar-refractivity contribution in [3.63, 3.8) is 0 Å². The Morgan fingerprint density at radius 3 is 2.67 bits per heavy atom. The third kappa shape index (κ3) is 4.08. The highest BCUT2D eigenvalue weighted by molar-refractivity contribution is 9.10. The number of nitrogens with one attached hydrogen (secondary N) is 1. The summed E-state index contributed by atoms with van der Waals surface area (Å²) in [5.41, 5.74) is 1.38. The summed E-state index contributed by atoms with van der Waals surface area (Å²) in [5.74, 6) is 0.678. The molecule has 0 amide bonds. The maximum Gasteiger partial charge on any atom is 0.0509 e. The van der Waals surface area contributed by atoms with Crippen LogP contribution in [-0.4, -0.2) is 25.3 Å². The fraction of sp³-hybridized carbons (Fsp3) is 0.600. The van der Waals surface area contributed by atoms with Crippen LogP contribution in [0, 0.1) is 5.92 Å². The van der Waals surface area contributed by atoms with Gasteiger partial charge in [0.25, 0.3) is 0 Å². The van der Waals surface area contributed by atoms with E-state index in [-0.39, 0.29) is 0 Å². The summed E-state index contributed by atoms with van der Waals surface area (Å²) in [6, 6.07) is 9.63. The first-order chi connectivity index (χ1) is 8.65. The fourth-order valence-corrected chi connectivity index (χ4v) is 2.83. The lowest BCUT2D eigenvalue weighted by Gasteiger charge is -2.24. The lowest BCUT2D eigenvalue weighted by molar-refractivity contribution is 0.177. The largest absolute Gasteiger partial charge is 0.381 e. The lowest BCUT2D eigenvalue weighted by atomic mass is 9.98. The monoisotopic (exact) mass is 311 g/mol. The van der Waals surface area contributed by atoms with Gasteiger partial charge in [0.2, 0.25) is 0 Å². The van der Waals surface area contributed by atoms with E-state index in [0.29, 0.717) is 18.0 Å². The number of halogens is 1. The van der Waals surface area contributed by atoms with Crippen molar-refractivity contribution in [2.75, 3.05) is 13.2 Å². The number of rotatable bonds is 5. The summed E-state index contributed by atoms with van der Waals surface area (Å²) in [4.78, 5) is 0. The molecule has 2 rings (SSSR count). The molecule has 2 nitrogen and oxygen atoms in total. The van der Waals surface area contributed by atoms with Crippen molar-refractivity contribution in [2.24, 2.45) is 5.92 Å². The van der Waals surface area contributed by atoms with Gasteiger partial charge in [-0.3, -0.25) is 0 Å². The zero-order chi connectivity index (χ0) is 13.0. The van der Waals surface area contributed by atoms with E-state index < -0.39 is 0 Å². The Morgan fingerprint density at radius 1 is 1.33 bits per heavy atom. The summed E-state index contributed by atoms with van der Waals surface area (Å²) >= 11 is 3.47. The molecule has 1 aliphatic heterocycles. The van der Waals surface area contributed by atoms with E-state index in [1.54, 1.807) is 0 Å². The van der Waals surface area contributed by atoms with Gasteiger partial charge in [-0.05, 0) is 50.3 Å². The summed E-state index contributed by atoms with van der Waals surface area (Å²) in [7, 11) is 0. The van der Waals surface area contributed by atoms with Crippen molar-refractivity contribution in [2.45, 2.75) is 38.8 Å². The van der Waals surface area contributed by atoms with E-state index in [1.165, 1.54) is 12.0 Å². The van der Waals surface area contributed by atoms with Crippen LogP contribution in [0.15, 0.2) is 28.7 Å². The van der Waals surface area contributed by atoms with Gasteiger partial charge >= 0.3 is 0 Å². The standard InChI is InChI=1S/C15H22BrNO/c1-11(9-13-3-5-15(16)6-4-13)17-12(2)14-7-8-18-10-14/h3-6,11-12,14,17H,7-10H2,1-2H3. The van der Waals surface area contributed by atoms with Crippen LogP contribution >= 0.6 is 15.9 Å². The maximum absolute atomic E-state index is 5.45. The molecule has 0 spiro atoms. The Kier molecular flexibility index (Phi) is 5.22. The van der Waals surface area contributed by atoms with E-state index in [1.807, 2.05) is 0 Å². The molecule has 1 aromatic carbocycles. The van der Waals surface area contributed by atoms with Gasteiger partial charge < -0.3 is 10.1 Å². The molecule has 0 aliphatic carbocycles. The molecule has 1 fully saturated rings. The highest BCUT2D eigenvalue weighted by Crippen LogP contribution is 2.17. The molecule has 1 heterocycles. The second-order valence-electron chi connectivity index (χ2n) is 5.31. The molecule has 3 atom stereocenters. The van der Waals surface area contributed by atoms with Crippen LogP contribution in [-0.2, 0) is 11.2 Å². The van der Waals surface area contributed by atoms with Gasteiger partial charge in [-0.25, -0.2) is 0 Å². The number of hydrogen-bond donors (Lipinski definition) is 1. The molecule has 1 aliphatic rings. The van der Waals surface area contributed by atoms with Gasteiger partial charge in [0.15, 0.2) is 0 Å². The Labute approximate surface area is 118 Å². The van der Waals surface area contributed by atoms with E-state index >= 15 is 0 Å². The minimum atomic E-state index is 0.502. The molecule has 0 aromatic heterocycles. The second kappa shape index (κ2) is 6.69. The molecule has 0 bridgehead atoms. The Bertz CT molecular complexity index is 359. The fourth-order valence-electron chi connectivity index (χ4n) is 2.56. The van der Waals surface area contributed by atoms with Crippen LogP contribution in [0.3, 0.4) is 0 Å². The number of ether oxygens (including phenoxy) is 1. The van der Waals surface area contributed by atoms with Crippen LogP contribution in [0.1, 0.15) is 25.8 Å². The predicted molar refractivity (Wildman–Crippen MR) is 78.8 cm³/mol. The van der Waals surface area contributed by atoms with Crippen molar-refractivity contribution in [1.29, 1.82) is 0 Å². The molecule has 3 heteroatoms. The van der Waals surface area contributed by atoms with Crippen molar-refractivity contribution < 1.29 is 4.74 Å². The molecular weight excluding hydrogens is 290 g/mol. The van der Waals surface area contributed by atoms with E-state index in [0.717, 1.165) is 24.1 Å². The van der Waals surface area contributed by atoms with Crippen LogP contribution in [0.4, 0.5) is 0 Å². The maximum atomic E-state index is 5.45. The third-order valence-electron chi connectivity index (χ3n) is 3.67. The predicted octanol–water partition coefficient (Wildman–Crippen LogP) is 3.39. The second-order valence-corrected chi connectivity index (χ2v) is 6.23. The van der Waals surface area contributed by atoms with Crippen LogP contribution in [0.2, 0.25) is 0 Å². The minimum Gasteiger partial charge on any atom is -0.381 e. The average Bonchev–Trinajstić information content (AvgIpc) is 2.85. The summed E-state index contributed by atoms with van der Waals surface area (Å²) in [6.07, 6.45) is 2.27. The lowest BCUT2D eigenvalue weighted by Crippen LogP contribution is -2.40. The Balaban J connectivity index is 1.80. The molecular formula is C15H22BrNO. The first kappa shape index (κ1) is 14.0. The summed E-state index contributed by atoms with van der Waals surface area (Å²) in [6.45, 7) is 6.38. The molecule has 1 aromatic rings. The minimum absolute atomic E-state index is 0.502. The molecule has 1 N–H and O–H groups in total. The number of hydrogen-bond acceptors (Lipinski definition) is 2. The molecule has 3 unspecified atom stereocenters.